The van der Waals surface area contributed by atoms with Crippen LogP contribution in [0.4, 0.5) is 0 Å². The maximum Gasteiger partial charge on any atom is 0.162 e. The highest BCUT2D eigenvalue weighted by molar-refractivity contribution is 5.83. The fourth-order valence-corrected chi connectivity index (χ4v) is 3.35. The minimum Gasteiger partial charge on any atom is -0.486 e. The van der Waals surface area contributed by atoms with Crippen molar-refractivity contribution in [2.24, 2.45) is 0 Å². The van der Waals surface area contributed by atoms with Gasteiger partial charge in [0.15, 0.2) is 11.5 Å². The Kier molecular flexibility index (Phi) is 4.83. The van der Waals surface area contributed by atoms with E-state index < -0.39 is 0 Å². The van der Waals surface area contributed by atoms with Gasteiger partial charge < -0.3 is 9.47 Å². The predicted octanol–water partition coefficient (Wildman–Crippen LogP) is 5.41. The lowest BCUT2D eigenvalue weighted by atomic mass is 10.1. The van der Waals surface area contributed by atoms with Gasteiger partial charge in [0, 0.05) is 22.3 Å². The second-order valence-electron chi connectivity index (χ2n) is 7.00. The molecule has 0 unspecified atom stereocenters. The molecular weight excluding hydrogens is 368 g/mol. The molecule has 142 valence electrons. The number of fused-ring (bicyclic) bond motifs is 2. The first kappa shape index (κ1) is 17.9. The van der Waals surface area contributed by atoms with E-state index >= 15 is 0 Å². The van der Waals surface area contributed by atoms with E-state index in [4.69, 9.17) is 9.47 Å². The van der Waals surface area contributed by atoms with Crippen LogP contribution in [-0.4, -0.2) is 13.2 Å². The molecule has 0 amide bonds. The molecule has 0 bridgehead atoms. The molecule has 0 saturated heterocycles. The molecule has 0 fully saturated rings. The lowest BCUT2D eigenvalue weighted by Gasteiger charge is -2.17. The molecule has 0 spiro atoms. The first-order valence-electron chi connectivity index (χ1n) is 9.86. The summed E-state index contributed by atoms with van der Waals surface area (Å²) < 4.78 is 11.2. The lowest BCUT2D eigenvalue weighted by Crippen LogP contribution is -2.15. The van der Waals surface area contributed by atoms with Crippen molar-refractivity contribution in [2.75, 3.05) is 13.2 Å². The van der Waals surface area contributed by atoms with Gasteiger partial charge in [-0.2, -0.15) is 0 Å². The molecule has 2 heteroatoms. The van der Waals surface area contributed by atoms with Crippen LogP contribution in [0.3, 0.4) is 0 Å². The van der Waals surface area contributed by atoms with Gasteiger partial charge in [-0.05, 0) is 59.3 Å². The van der Waals surface area contributed by atoms with E-state index in [1.54, 1.807) is 0 Å². The highest BCUT2D eigenvalue weighted by atomic mass is 16.6. The van der Waals surface area contributed by atoms with Crippen LogP contribution in [0.1, 0.15) is 22.3 Å². The highest BCUT2D eigenvalue weighted by Crippen LogP contribution is 2.30. The molecule has 0 N–H and O–H groups in total. The zero-order valence-corrected chi connectivity index (χ0v) is 16.3. The van der Waals surface area contributed by atoms with Crippen LogP contribution in [0.5, 0.6) is 11.5 Å². The number of ether oxygens (including phenoxy) is 2. The van der Waals surface area contributed by atoms with Crippen LogP contribution in [0.2, 0.25) is 0 Å². The Morgan fingerprint density at radius 1 is 0.467 bits per heavy atom. The third-order valence-electron chi connectivity index (χ3n) is 4.86. The summed E-state index contributed by atoms with van der Waals surface area (Å²) in [4.78, 5) is 0. The molecule has 0 radical (unpaired) electrons. The quantitative estimate of drug-likeness (QED) is 0.376. The molecule has 0 saturated carbocycles. The smallest absolute Gasteiger partial charge is 0.162 e. The van der Waals surface area contributed by atoms with E-state index in [1.807, 2.05) is 54.6 Å². The average molecular weight is 386 g/mol. The van der Waals surface area contributed by atoms with Gasteiger partial charge >= 0.3 is 0 Å². The van der Waals surface area contributed by atoms with Gasteiger partial charge in [0.05, 0.1) is 0 Å². The highest BCUT2D eigenvalue weighted by Gasteiger charge is 2.10. The SMILES string of the molecule is C(#Cc1ccc2c(c1)OCCO2)c1cccc(C#Cc2ccc3ccccc3c2)c1. The van der Waals surface area contributed by atoms with E-state index in [0.717, 1.165) is 33.8 Å². The normalized spacial score (nSPS) is 11.7. The molecule has 1 heterocycles. The molecule has 4 aromatic rings. The summed E-state index contributed by atoms with van der Waals surface area (Å²) >= 11 is 0. The molecular formula is C28H18O2. The Morgan fingerprint density at radius 2 is 1.07 bits per heavy atom. The molecule has 5 rings (SSSR count). The van der Waals surface area contributed by atoms with E-state index in [2.05, 4.69) is 54.0 Å². The van der Waals surface area contributed by atoms with Crippen molar-refractivity contribution in [1.29, 1.82) is 0 Å². The maximum absolute atomic E-state index is 5.62. The van der Waals surface area contributed by atoms with Crippen molar-refractivity contribution in [3.8, 4) is 35.2 Å². The second-order valence-corrected chi connectivity index (χ2v) is 7.00. The van der Waals surface area contributed by atoms with E-state index in [-0.39, 0.29) is 0 Å². The van der Waals surface area contributed by atoms with Crippen LogP contribution >= 0.6 is 0 Å². The fourth-order valence-electron chi connectivity index (χ4n) is 3.35. The van der Waals surface area contributed by atoms with Gasteiger partial charge in [0.1, 0.15) is 13.2 Å². The van der Waals surface area contributed by atoms with Crippen LogP contribution in [0, 0.1) is 23.7 Å². The third kappa shape index (κ3) is 4.00. The van der Waals surface area contributed by atoms with Crippen LogP contribution in [0.15, 0.2) is 84.9 Å². The summed E-state index contributed by atoms with van der Waals surface area (Å²) in [7, 11) is 0. The molecule has 30 heavy (non-hydrogen) atoms. The molecule has 0 atom stereocenters. The van der Waals surface area contributed by atoms with E-state index in [9.17, 15) is 0 Å². The maximum atomic E-state index is 5.62. The summed E-state index contributed by atoms with van der Waals surface area (Å²) in [5.41, 5.74) is 3.76. The zero-order chi connectivity index (χ0) is 20.2. The minimum absolute atomic E-state index is 0.571. The molecule has 1 aliphatic heterocycles. The molecule has 2 nitrogen and oxygen atoms in total. The Bertz CT molecular complexity index is 1360. The Morgan fingerprint density at radius 3 is 1.83 bits per heavy atom. The topological polar surface area (TPSA) is 18.5 Å². The molecule has 0 aliphatic carbocycles. The number of benzene rings is 4. The van der Waals surface area contributed by atoms with Crippen LogP contribution in [-0.2, 0) is 0 Å². The van der Waals surface area contributed by atoms with Gasteiger partial charge in [-0.1, -0.05) is 60.1 Å². The van der Waals surface area contributed by atoms with Crippen molar-refractivity contribution in [3.05, 3.63) is 107 Å². The summed E-state index contributed by atoms with van der Waals surface area (Å²) in [5.74, 6) is 14.5. The van der Waals surface area contributed by atoms with Crippen LogP contribution in [0.25, 0.3) is 10.8 Å². The van der Waals surface area contributed by atoms with Crippen molar-refractivity contribution < 1.29 is 9.47 Å². The summed E-state index contributed by atoms with van der Waals surface area (Å²) in [5, 5.41) is 2.42. The van der Waals surface area contributed by atoms with Gasteiger partial charge in [-0.15, -0.1) is 0 Å². The Balaban J connectivity index is 1.38. The van der Waals surface area contributed by atoms with E-state index in [0.29, 0.717) is 13.2 Å². The standard InChI is InChI=1S/C28H18O2/c1-2-7-26-19-23(12-14-25(26)6-1)10-8-21-4-3-5-22(18-21)9-11-24-13-15-27-28(20-24)30-17-16-29-27/h1-7,12-15,18-20H,16-17H2. The first-order chi connectivity index (χ1) is 14.8. The number of hydrogen-bond acceptors (Lipinski definition) is 2. The Hall–Kier alpha value is -4.14. The van der Waals surface area contributed by atoms with Crippen molar-refractivity contribution >= 4 is 10.8 Å². The largest absolute Gasteiger partial charge is 0.486 e. The van der Waals surface area contributed by atoms with Crippen LogP contribution < -0.4 is 9.47 Å². The second kappa shape index (κ2) is 8.08. The number of rotatable bonds is 0. The monoisotopic (exact) mass is 386 g/mol. The lowest BCUT2D eigenvalue weighted by molar-refractivity contribution is 0.171. The number of hydrogen-bond donors (Lipinski definition) is 0. The molecule has 0 aromatic heterocycles. The predicted molar refractivity (Wildman–Crippen MR) is 120 cm³/mol. The fraction of sp³-hybridized carbons (Fsp3) is 0.0714. The first-order valence-corrected chi connectivity index (χ1v) is 9.86. The van der Waals surface area contributed by atoms with Crippen molar-refractivity contribution in [2.45, 2.75) is 0 Å². The summed E-state index contributed by atoms with van der Waals surface area (Å²) in [6.07, 6.45) is 0. The summed E-state index contributed by atoms with van der Waals surface area (Å²) in [6.45, 7) is 1.16. The van der Waals surface area contributed by atoms with Gasteiger partial charge in [0.2, 0.25) is 0 Å². The Labute approximate surface area is 176 Å². The van der Waals surface area contributed by atoms with Crippen molar-refractivity contribution in [1.82, 2.24) is 0 Å². The average Bonchev–Trinajstić information content (AvgIpc) is 2.81. The van der Waals surface area contributed by atoms with Gasteiger partial charge in [-0.3, -0.25) is 0 Å². The summed E-state index contributed by atoms with van der Waals surface area (Å²) in [6, 6.07) is 28.4. The third-order valence-corrected chi connectivity index (χ3v) is 4.86. The molecule has 4 aromatic carbocycles. The van der Waals surface area contributed by atoms with Gasteiger partial charge in [-0.25, -0.2) is 0 Å². The minimum atomic E-state index is 0.571. The van der Waals surface area contributed by atoms with E-state index in [1.165, 1.54) is 10.8 Å². The molecule has 1 aliphatic rings. The zero-order valence-electron chi connectivity index (χ0n) is 16.3. The van der Waals surface area contributed by atoms with Crippen molar-refractivity contribution in [3.63, 3.8) is 0 Å². The van der Waals surface area contributed by atoms with Gasteiger partial charge in [0.25, 0.3) is 0 Å².